The molecule has 8 heavy (non-hydrogen) atoms. The van der Waals surface area contributed by atoms with Crippen LogP contribution < -0.4 is 0 Å². The van der Waals surface area contributed by atoms with Crippen LogP contribution in [0.2, 0.25) is 0 Å². The fourth-order valence-electron chi connectivity index (χ4n) is 0. The molecule has 0 aromatic rings. The zero-order chi connectivity index (χ0) is 0. The topological polar surface area (TPSA) is 180 Å². The standard InChI is InChI=1S/Mg.6H2O.Ti/h;6*1H2;/q+2;;;;;;;+4/p-6. The van der Waals surface area contributed by atoms with Gasteiger partial charge < -0.3 is 32.9 Å². The molecule has 0 aliphatic heterocycles. The van der Waals surface area contributed by atoms with Crippen molar-refractivity contribution in [1.29, 1.82) is 0 Å². The minimum Gasteiger partial charge on any atom is -0.870 e. The van der Waals surface area contributed by atoms with Crippen molar-refractivity contribution >= 4 is 23.1 Å². The van der Waals surface area contributed by atoms with E-state index in [-0.39, 0.29) is 77.6 Å². The van der Waals surface area contributed by atoms with E-state index in [1.54, 1.807) is 0 Å². The van der Waals surface area contributed by atoms with Crippen molar-refractivity contribution in [3.05, 3.63) is 0 Å². The second kappa shape index (κ2) is 281. The van der Waals surface area contributed by atoms with Crippen LogP contribution in [0.25, 0.3) is 0 Å². The van der Waals surface area contributed by atoms with Crippen LogP contribution in [0.5, 0.6) is 0 Å². The van der Waals surface area contributed by atoms with E-state index >= 15 is 0 Å². The van der Waals surface area contributed by atoms with Gasteiger partial charge in [-0.1, -0.05) is 0 Å². The molecule has 0 aliphatic rings. The summed E-state index contributed by atoms with van der Waals surface area (Å²) in [5.41, 5.74) is 0. The smallest absolute Gasteiger partial charge is 0.870 e. The molecule has 0 aromatic carbocycles. The minimum atomic E-state index is 0. The molecule has 48 valence electrons. The van der Waals surface area contributed by atoms with E-state index in [2.05, 4.69) is 0 Å². The average molecular weight is 174 g/mol. The van der Waals surface area contributed by atoms with Crippen molar-refractivity contribution in [3.63, 3.8) is 0 Å². The summed E-state index contributed by atoms with van der Waals surface area (Å²) in [6.07, 6.45) is 0. The van der Waals surface area contributed by atoms with Crippen molar-refractivity contribution in [2.24, 2.45) is 0 Å². The predicted octanol–water partition coefficient (Wildman–Crippen LogP) is -1.44. The normalized spacial score (nSPS) is 0. The van der Waals surface area contributed by atoms with Gasteiger partial charge in [0.1, 0.15) is 0 Å². The maximum Gasteiger partial charge on any atom is 4.00 e. The van der Waals surface area contributed by atoms with Gasteiger partial charge in [-0.2, -0.15) is 0 Å². The van der Waals surface area contributed by atoms with Crippen molar-refractivity contribution in [2.75, 3.05) is 0 Å². The number of hydrogen-bond donors (Lipinski definition) is 0. The number of hydrogen-bond acceptors (Lipinski definition) is 6. The van der Waals surface area contributed by atoms with Crippen LogP contribution in [0, 0.1) is 0 Å². The maximum absolute atomic E-state index is 0. The molecule has 8 heteroatoms. The average Bonchev–Trinajstić information content (AvgIpc) is 0. The van der Waals surface area contributed by atoms with Gasteiger partial charge in [-0.15, -0.1) is 0 Å². The molecule has 0 spiro atoms. The summed E-state index contributed by atoms with van der Waals surface area (Å²) in [6.45, 7) is 0. The van der Waals surface area contributed by atoms with Gasteiger partial charge in [-0.25, -0.2) is 0 Å². The van der Waals surface area contributed by atoms with Gasteiger partial charge in [0.05, 0.1) is 0 Å². The van der Waals surface area contributed by atoms with Crippen molar-refractivity contribution < 1.29 is 54.6 Å². The minimum absolute atomic E-state index is 0. The molecule has 0 amide bonds. The van der Waals surface area contributed by atoms with Crippen LogP contribution in [0.3, 0.4) is 0 Å². The third-order valence-electron chi connectivity index (χ3n) is 0. The molecular formula is H6MgO6Ti. The van der Waals surface area contributed by atoms with Crippen LogP contribution in [-0.4, -0.2) is 55.9 Å². The summed E-state index contributed by atoms with van der Waals surface area (Å²) >= 11 is 0. The fraction of sp³-hybridized carbons (Fsp3) is 0. The molecule has 0 rings (SSSR count). The van der Waals surface area contributed by atoms with E-state index < -0.39 is 0 Å². The van der Waals surface area contributed by atoms with E-state index in [0.29, 0.717) is 0 Å². The first-order valence-corrected chi connectivity index (χ1v) is 0. The van der Waals surface area contributed by atoms with Gasteiger partial charge in [0.2, 0.25) is 0 Å². The quantitative estimate of drug-likeness (QED) is 0.405. The first-order valence-electron chi connectivity index (χ1n) is 0. The summed E-state index contributed by atoms with van der Waals surface area (Å²) in [5.74, 6) is 0. The predicted molar refractivity (Wildman–Crippen MR) is 17.4 cm³/mol. The van der Waals surface area contributed by atoms with Crippen molar-refractivity contribution in [1.82, 2.24) is 0 Å². The molecule has 0 heterocycles. The Kier molecular flexibility index (Phi) is 14300. The summed E-state index contributed by atoms with van der Waals surface area (Å²) in [4.78, 5) is 0. The molecule has 0 fully saturated rings. The Morgan fingerprint density at radius 2 is 0.375 bits per heavy atom. The second-order valence-corrected chi connectivity index (χ2v) is 0. The summed E-state index contributed by atoms with van der Waals surface area (Å²) < 4.78 is 0. The molecule has 0 radical (unpaired) electrons. The molecule has 0 unspecified atom stereocenters. The molecular weight excluding hydrogens is 168 g/mol. The Labute approximate surface area is 77.5 Å². The SMILES string of the molecule is [Mg+2].[OH-].[OH-].[OH-].[OH-].[OH-].[OH-].[Ti+4]. The Hall–Kier alpha value is 1.24. The Balaban J connectivity index is 0. The molecule has 6 nitrogen and oxygen atoms in total. The summed E-state index contributed by atoms with van der Waals surface area (Å²) in [6, 6.07) is 0. The van der Waals surface area contributed by atoms with Crippen LogP contribution >= 0.6 is 0 Å². The monoisotopic (exact) mass is 174 g/mol. The zero-order valence-electron chi connectivity index (χ0n) is 3.89. The van der Waals surface area contributed by atoms with E-state index in [0.717, 1.165) is 0 Å². The Bertz CT molecular complexity index is 8.49. The van der Waals surface area contributed by atoms with E-state index in [1.165, 1.54) is 0 Å². The molecule has 0 atom stereocenters. The van der Waals surface area contributed by atoms with Gasteiger partial charge in [-0.3, -0.25) is 0 Å². The largest absolute Gasteiger partial charge is 4.00 e. The van der Waals surface area contributed by atoms with Gasteiger partial charge >= 0.3 is 44.8 Å². The van der Waals surface area contributed by atoms with E-state index in [1.807, 2.05) is 0 Å². The Morgan fingerprint density at radius 3 is 0.375 bits per heavy atom. The first-order chi connectivity index (χ1) is 0. The summed E-state index contributed by atoms with van der Waals surface area (Å²) in [7, 11) is 0. The molecule has 0 aliphatic carbocycles. The molecule has 0 saturated heterocycles. The van der Waals surface area contributed by atoms with Crippen molar-refractivity contribution in [2.45, 2.75) is 0 Å². The third-order valence-corrected chi connectivity index (χ3v) is 0. The molecule has 0 bridgehead atoms. The van der Waals surface area contributed by atoms with Crippen molar-refractivity contribution in [3.8, 4) is 0 Å². The van der Waals surface area contributed by atoms with E-state index in [4.69, 9.17) is 0 Å². The van der Waals surface area contributed by atoms with Crippen LogP contribution in [0.15, 0.2) is 0 Å². The van der Waals surface area contributed by atoms with E-state index in [9.17, 15) is 0 Å². The van der Waals surface area contributed by atoms with Crippen LogP contribution in [-0.2, 0) is 21.7 Å². The van der Waals surface area contributed by atoms with Crippen LogP contribution in [0.1, 0.15) is 0 Å². The zero-order valence-corrected chi connectivity index (χ0v) is 6.87. The molecule has 0 aromatic heterocycles. The third kappa shape index (κ3) is 183. The maximum atomic E-state index is 0. The van der Waals surface area contributed by atoms with Gasteiger partial charge in [-0.05, 0) is 0 Å². The molecule has 6 N–H and O–H groups in total. The van der Waals surface area contributed by atoms with Gasteiger partial charge in [0.25, 0.3) is 0 Å². The first kappa shape index (κ1) is 408. The second-order valence-electron chi connectivity index (χ2n) is 0. The molecule has 0 saturated carbocycles. The fourth-order valence-corrected chi connectivity index (χ4v) is 0. The van der Waals surface area contributed by atoms with Crippen LogP contribution in [0.4, 0.5) is 0 Å². The number of rotatable bonds is 0. The Morgan fingerprint density at radius 1 is 0.375 bits per heavy atom. The summed E-state index contributed by atoms with van der Waals surface area (Å²) in [5, 5.41) is 0. The van der Waals surface area contributed by atoms with Gasteiger partial charge in [0.15, 0.2) is 0 Å². The van der Waals surface area contributed by atoms with Gasteiger partial charge in [0, 0.05) is 0 Å².